The maximum absolute atomic E-state index is 12.9. The van der Waals surface area contributed by atoms with Crippen LogP contribution < -0.4 is 14.8 Å². The largest absolute Gasteiger partial charge is 0.493 e. The number of hydrogen-bond donors (Lipinski definition) is 1. The number of benzene rings is 2. The van der Waals surface area contributed by atoms with E-state index in [0.717, 1.165) is 43.5 Å². The Morgan fingerprint density at radius 3 is 2.53 bits per heavy atom. The molecular weight excluding hydrogens is 400 g/mol. The van der Waals surface area contributed by atoms with E-state index in [4.69, 9.17) is 9.47 Å². The van der Waals surface area contributed by atoms with Crippen LogP contribution in [0.2, 0.25) is 0 Å². The molecule has 2 aromatic carbocycles. The number of halogens is 1. The first-order valence-corrected chi connectivity index (χ1v) is 10.4. The minimum absolute atomic E-state index is 0. The van der Waals surface area contributed by atoms with E-state index in [0.29, 0.717) is 24.7 Å². The average molecular weight is 431 g/mol. The first kappa shape index (κ1) is 22.4. The van der Waals surface area contributed by atoms with Gasteiger partial charge in [-0.2, -0.15) is 0 Å². The highest BCUT2D eigenvalue weighted by Gasteiger charge is 2.58. The number of nitrogens with zero attached hydrogens (tertiary/aromatic N) is 1. The zero-order chi connectivity index (χ0) is 20.3. The molecule has 2 fully saturated rings. The van der Waals surface area contributed by atoms with Gasteiger partial charge in [0.25, 0.3) is 0 Å². The van der Waals surface area contributed by atoms with Crippen LogP contribution in [-0.2, 0) is 17.9 Å². The summed E-state index contributed by atoms with van der Waals surface area (Å²) in [6.07, 6.45) is 3.30. The minimum atomic E-state index is 0. The molecule has 5 nitrogen and oxygen atoms in total. The van der Waals surface area contributed by atoms with Crippen molar-refractivity contribution in [3.63, 3.8) is 0 Å². The number of rotatable bonds is 7. The monoisotopic (exact) mass is 430 g/mol. The lowest BCUT2D eigenvalue weighted by molar-refractivity contribution is -0.132. The molecule has 162 valence electrons. The Kier molecular flexibility index (Phi) is 7.27. The number of nitrogens with one attached hydrogen (secondary N) is 1. The summed E-state index contributed by atoms with van der Waals surface area (Å²) >= 11 is 0. The van der Waals surface area contributed by atoms with E-state index in [9.17, 15) is 4.79 Å². The highest BCUT2D eigenvalue weighted by atomic mass is 35.5. The van der Waals surface area contributed by atoms with E-state index in [2.05, 4.69) is 5.32 Å². The normalized spacial score (nSPS) is 18.9. The average Bonchev–Trinajstić information content (AvgIpc) is 3.45. The molecule has 0 radical (unpaired) electrons. The van der Waals surface area contributed by atoms with Crippen molar-refractivity contribution in [2.24, 2.45) is 11.3 Å². The van der Waals surface area contributed by atoms with Crippen molar-refractivity contribution in [2.45, 2.75) is 32.4 Å². The Labute approximate surface area is 185 Å². The van der Waals surface area contributed by atoms with E-state index in [-0.39, 0.29) is 29.6 Å². The SMILES string of the molecule is COc1cc(CN(C)C(=O)C2CC23CCNCC3)ccc1OCc1ccccc1.Cl. The number of carbonyl (C=O) groups excluding carboxylic acids is 1. The zero-order valence-electron chi connectivity index (χ0n) is 17.7. The minimum Gasteiger partial charge on any atom is -0.493 e. The van der Waals surface area contributed by atoms with E-state index >= 15 is 0 Å². The molecule has 0 bridgehead atoms. The van der Waals surface area contributed by atoms with Gasteiger partial charge in [-0.1, -0.05) is 36.4 Å². The maximum atomic E-state index is 12.9. The highest BCUT2D eigenvalue weighted by molar-refractivity contribution is 5.85. The van der Waals surface area contributed by atoms with Crippen LogP contribution in [0, 0.1) is 11.3 Å². The summed E-state index contributed by atoms with van der Waals surface area (Å²) in [6, 6.07) is 16.0. The molecule has 30 heavy (non-hydrogen) atoms. The number of piperidine rings is 1. The van der Waals surface area contributed by atoms with Crippen molar-refractivity contribution in [2.75, 3.05) is 27.2 Å². The Hall–Kier alpha value is -2.24. The lowest BCUT2D eigenvalue weighted by Gasteiger charge is -2.25. The Morgan fingerprint density at radius 2 is 1.83 bits per heavy atom. The molecule has 4 rings (SSSR count). The van der Waals surface area contributed by atoms with Crippen LogP contribution >= 0.6 is 12.4 Å². The van der Waals surface area contributed by atoms with Gasteiger partial charge in [-0.25, -0.2) is 0 Å². The standard InChI is InChI=1S/C24H30N2O3.ClH/c1-26(23(27)20-15-24(20)10-12-25-13-11-24)16-19-8-9-21(22(14-19)28-2)29-17-18-6-4-3-5-7-18;/h3-9,14,20,25H,10-13,15-17H2,1-2H3;1H. The lowest BCUT2D eigenvalue weighted by atomic mass is 9.91. The van der Waals surface area contributed by atoms with Gasteiger partial charge in [-0.15, -0.1) is 12.4 Å². The van der Waals surface area contributed by atoms with Crippen molar-refractivity contribution in [1.82, 2.24) is 10.2 Å². The van der Waals surface area contributed by atoms with Gasteiger partial charge in [0.15, 0.2) is 11.5 Å². The van der Waals surface area contributed by atoms with Crippen molar-refractivity contribution < 1.29 is 14.3 Å². The van der Waals surface area contributed by atoms with Gasteiger partial charge in [-0.05, 0) is 61.0 Å². The molecule has 1 aliphatic heterocycles. The highest BCUT2D eigenvalue weighted by Crippen LogP contribution is 2.59. The van der Waals surface area contributed by atoms with Crippen molar-refractivity contribution in [3.8, 4) is 11.5 Å². The van der Waals surface area contributed by atoms with Crippen molar-refractivity contribution >= 4 is 18.3 Å². The second-order valence-corrected chi connectivity index (χ2v) is 8.32. The quantitative estimate of drug-likeness (QED) is 0.720. The molecule has 1 N–H and O–H groups in total. The van der Waals surface area contributed by atoms with E-state index in [1.54, 1.807) is 7.11 Å². The summed E-state index contributed by atoms with van der Waals surface area (Å²) in [7, 11) is 3.55. The third kappa shape index (κ3) is 4.90. The van der Waals surface area contributed by atoms with Gasteiger partial charge in [-0.3, -0.25) is 4.79 Å². The van der Waals surface area contributed by atoms with E-state index in [1.807, 2.05) is 60.5 Å². The Bertz CT molecular complexity index is 853. The van der Waals surface area contributed by atoms with Crippen LogP contribution in [0.1, 0.15) is 30.4 Å². The molecule has 2 aliphatic rings. The number of ether oxygens (including phenoxy) is 2. The third-order valence-corrected chi connectivity index (χ3v) is 6.35. The molecule has 1 heterocycles. The smallest absolute Gasteiger partial charge is 0.226 e. The summed E-state index contributed by atoms with van der Waals surface area (Å²) in [5.41, 5.74) is 2.42. The van der Waals surface area contributed by atoms with Gasteiger partial charge in [0.2, 0.25) is 5.91 Å². The van der Waals surface area contributed by atoms with Gasteiger partial charge < -0.3 is 19.7 Å². The van der Waals surface area contributed by atoms with E-state index < -0.39 is 0 Å². The Balaban J connectivity index is 0.00000256. The van der Waals surface area contributed by atoms with Crippen LogP contribution in [0.5, 0.6) is 11.5 Å². The summed E-state index contributed by atoms with van der Waals surface area (Å²) in [6.45, 7) is 3.15. The fraction of sp³-hybridized carbons (Fsp3) is 0.458. The summed E-state index contributed by atoms with van der Waals surface area (Å²) in [4.78, 5) is 14.8. The molecule has 1 aliphatic carbocycles. The van der Waals surface area contributed by atoms with Gasteiger partial charge in [0, 0.05) is 19.5 Å². The lowest BCUT2D eigenvalue weighted by Crippen LogP contribution is -2.34. The van der Waals surface area contributed by atoms with Crippen molar-refractivity contribution in [1.29, 1.82) is 0 Å². The molecule has 1 saturated heterocycles. The topological polar surface area (TPSA) is 50.8 Å². The molecule has 1 amide bonds. The zero-order valence-corrected chi connectivity index (χ0v) is 18.5. The van der Waals surface area contributed by atoms with Gasteiger partial charge in [0.1, 0.15) is 6.61 Å². The van der Waals surface area contributed by atoms with Crippen LogP contribution in [-0.4, -0.2) is 38.1 Å². The fourth-order valence-electron chi connectivity index (χ4n) is 4.46. The first-order chi connectivity index (χ1) is 14.1. The molecule has 0 aromatic heterocycles. The Morgan fingerprint density at radius 1 is 1.10 bits per heavy atom. The predicted molar refractivity (Wildman–Crippen MR) is 120 cm³/mol. The maximum Gasteiger partial charge on any atom is 0.226 e. The molecule has 1 spiro atoms. The second kappa shape index (κ2) is 9.71. The van der Waals surface area contributed by atoms with Crippen molar-refractivity contribution in [3.05, 3.63) is 59.7 Å². The van der Waals surface area contributed by atoms with Crippen LogP contribution in [0.3, 0.4) is 0 Å². The fourth-order valence-corrected chi connectivity index (χ4v) is 4.46. The van der Waals surface area contributed by atoms with Gasteiger partial charge >= 0.3 is 0 Å². The number of methoxy groups -OCH3 is 1. The summed E-state index contributed by atoms with van der Waals surface area (Å²) in [5.74, 6) is 1.88. The predicted octanol–water partition coefficient (Wildman–Crippen LogP) is 4.04. The van der Waals surface area contributed by atoms with E-state index in [1.165, 1.54) is 0 Å². The number of carbonyl (C=O) groups is 1. The molecule has 1 saturated carbocycles. The molecule has 6 heteroatoms. The second-order valence-electron chi connectivity index (χ2n) is 8.32. The number of hydrogen-bond acceptors (Lipinski definition) is 4. The summed E-state index contributed by atoms with van der Waals surface area (Å²) in [5, 5.41) is 3.40. The van der Waals surface area contributed by atoms with Crippen LogP contribution in [0.25, 0.3) is 0 Å². The third-order valence-electron chi connectivity index (χ3n) is 6.35. The molecule has 1 atom stereocenters. The van der Waals surface area contributed by atoms with Crippen LogP contribution in [0.15, 0.2) is 48.5 Å². The van der Waals surface area contributed by atoms with Gasteiger partial charge in [0.05, 0.1) is 7.11 Å². The van der Waals surface area contributed by atoms with Crippen LogP contribution in [0.4, 0.5) is 0 Å². The summed E-state index contributed by atoms with van der Waals surface area (Å²) < 4.78 is 11.5. The first-order valence-electron chi connectivity index (χ1n) is 10.4. The molecule has 1 unspecified atom stereocenters. The molecular formula is C24H31ClN2O3. The number of amides is 1. The molecule has 2 aromatic rings.